The van der Waals surface area contributed by atoms with E-state index in [0.29, 0.717) is 0 Å². The van der Waals surface area contributed by atoms with Crippen LogP contribution in [0.15, 0.2) is 71.9 Å². The van der Waals surface area contributed by atoms with Crippen LogP contribution in [0.1, 0.15) is 43.5 Å². The van der Waals surface area contributed by atoms with Crippen LogP contribution >= 0.6 is 11.3 Å². The van der Waals surface area contributed by atoms with Crippen molar-refractivity contribution < 1.29 is 5.11 Å². The van der Waals surface area contributed by atoms with Gasteiger partial charge in [0.15, 0.2) is 0 Å². The van der Waals surface area contributed by atoms with Crippen LogP contribution in [0.25, 0.3) is 27.4 Å². The lowest BCUT2D eigenvalue weighted by Crippen LogP contribution is -2.42. The molecule has 31 heavy (non-hydrogen) atoms. The van der Waals surface area contributed by atoms with Crippen LogP contribution in [-0.4, -0.2) is 14.7 Å². The molecule has 0 saturated heterocycles. The van der Waals surface area contributed by atoms with Crippen molar-refractivity contribution >= 4 is 27.5 Å². The van der Waals surface area contributed by atoms with Gasteiger partial charge in [-0.3, -0.25) is 0 Å². The maximum absolute atomic E-state index is 11.6. The summed E-state index contributed by atoms with van der Waals surface area (Å²) in [6.45, 7) is 3.23. The second kappa shape index (κ2) is 7.18. The van der Waals surface area contributed by atoms with Crippen molar-refractivity contribution in [2.45, 2.75) is 38.8 Å². The molecule has 3 atom stereocenters. The minimum Gasteiger partial charge on any atom is -0.388 e. The van der Waals surface area contributed by atoms with Gasteiger partial charge in [-0.2, -0.15) is 0 Å². The Balaban J connectivity index is 1.40. The minimum atomic E-state index is -0.455. The average Bonchev–Trinajstić information content (AvgIpc) is 3.41. The first kappa shape index (κ1) is 19.0. The monoisotopic (exact) mass is 426 g/mol. The molecule has 4 heteroatoms. The van der Waals surface area contributed by atoms with E-state index in [2.05, 4.69) is 71.5 Å². The number of hydrogen-bond acceptors (Lipinski definition) is 3. The summed E-state index contributed by atoms with van der Waals surface area (Å²) in [7, 11) is 0. The van der Waals surface area contributed by atoms with E-state index in [9.17, 15) is 5.11 Å². The maximum atomic E-state index is 11.6. The molecule has 2 aliphatic rings. The Hall–Kier alpha value is -2.69. The number of thiophene rings is 1. The van der Waals surface area contributed by atoms with E-state index in [-0.39, 0.29) is 11.3 Å². The van der Waals surface area contributed by atoms with Gasteiger partial charge in [-0.05, 0) is 53.7 Å². The van der Waals surface area contributed by atoms with E-state index >= 15 is 0 Å². The van der Waals surface area contributed by atoms with Crippen LogP contribution < -0.4 is 0 Å². The molecule has 0 radical (unpaired) electrons. The lowest BCUT2D eigenvalue weighted by atomic mass is 9.60. The van der Waals surface area contributed by atoms with Gasteiger partial charge in [-0.15, -0.1) is 11.3 Å². The Labute approximate surface area is 186 Å². The molecule has 0 spiro atoms. The van der Waals surface area contributed by atoms with Gasteiger partial charge in [-0.1, -0.05) is 61.0 Å². The van der Waals surface area contributed by atoms with Crippen LogP contribution in [0.2, 0.25) is 0 Å². The molecule has 4 aromatic rings. The summed E-state index contributed by atoms with van der Waals surface area (Å²) in [6, 6.07) is 18.9. The number of hydrogen-bond donors (Lipinski definition) is 1. The lowest BCUT2D eigenvalue weighted by molar-refractivity contribution is 0.0134. The summed E-state index contributed by atoms with van der Waals surface area (Å²) in [5.41, 5.74) is 5.91. The summed E-state index contributed by atoms with van der Waals surface area (Å²) in [4.78, 5) is 4.78. The minimum absolute atomic E-state index is 0.0671. The number of aliphatic hydroxyl groups excluding tert-OH is 1. The Bertz CT molecular complexity index is 1290. The normalized spacial score (nSPS) is 23.8. The quantitative estimate of drug-likeness (QED) is 0.396. The lowest BCUT2D eigenvalue weighted by Gasteiger charge is -2.48. The van der Waals surface area contributed by atoms with Crippen LogP contribution in [0.3, 0.4) is 0 Å². The molecule has 0 bridgehead atoms. The smallest absolute Gasteiger partial charge is 0.0958 e. The van der Waals surface area contributed by atoms with E-state index in [1.807, 2.05) is 12.4 Å². The summed E-state index contributed by atoms with van der Waals surface area (Å²) in [6.07, 6.45) is 7.17. The first-order valence-electron chi connectivity index (χ1n) is 11.1. The fourth-order valence-electron chi connectivity index (χ4n) is 5.77. The van der Waals surface area contributed by atoms with Crippen molar-refractivity contribution in [3.8, 4) is 11.3 Å². The Kier molecular flexibility index (Phi) is 4.41. The highest BCUT2D eigenvalue weighted by Gasteiger charge is 2.46. The van der Waals surface area contributed by atoms with Gasteiger partial charge in [0.25, 0.3) is 0 Å². The third kappa shape index (κ3) is 2.93. The fraction of sp³-hybridized carbons (Fsp3) is 0.296. The van der Waals surface area contributed by atoms with Crippen LogP contribution in [-0.2, 0) is 6.54 Å². The third-order valence-corrected chi connectivity index (χ3v) is 8.44. The van der Waals surface area contributed by atoms with Gasteiger partial charge in [0.2, 0.25) is 0 Å². The zero-order valence-corrected chi connectivity index (χ0v) is 18.5. The molecule has 6 rings (SSSR count). The Morgan fingerprint density at radius 1 is 1.13 bits per heavy atom. The zero-order chi connectivity index (χ0) is 21.0. The molecule has 0 amide bonds. The molecule has 1 saturated carbocycles. The molecule has 0 unspecified atom stereocenters. The largest absolute Gasteiger partial charge is 0.388 e. The van der Waals surface area contributed by atoms with Crippen molar-refractivity contribution in [1.82, 2.24) is 9.55 Å². The second-order valence-electron chi connectivity index (χ2n) is 9.19. The first-order chi connectivity index (χ1) is 15.1. The van der Waals surface area contributed by atoms with Gasteiger partial charge in [0.05, 0.1) is 23.8 Å². The fourth-order valence-corrected chi connectivity index (χ4v) is 6.76. The average molecular weight is 427 g/mol. The molecule has 1 aliphatic heterocycles. The zero-order valence-electron chi connectivity index (χ0n) is 17.7. The highest BCUT2D eigenvalue weighted by Crippen LogP contribution is 2.54. The SMILES string of the molecule is C[C@]12Cn3cnc(-c4ccccc4)c3C=C1CCC[C@@H]2[C@@H](O)c1csc2ccccc12. The topological polar surface area (TPSA) is 38.0 Å². The number of nitrogens with zero attached hydrogens (tertiary/aromatic N) is 2. The Morgan fingerprint density at radius 3 is 2.81 bits per heavy atom. The van der Waals surface area contributed by atoms with Gasteiger partial charge in [-0.25, -0.2) is 4.98 Å². The van der Waals surface area contributed by atoms with E-state index in [0.717, 1.165) is 42.6 Å². The van der Waals surface area contributed by atoms with Gasteiger partial charge in [0, 0.05) is 22.2 Å². The first-order valence-corrected chi connectivity index (χ1v) is 12.0. The third-order valence-electron chi connectivity index (χ3n) is 7.46. The number of fused-ring (bicyclic) bond motifs is 3. The second-order valence-corrected chi connectivity index (χ2v) is 10.1. The summed E-state index contributed by atoms with van der Waals surface area (Å²) in [5, 5.41) is 15.0. The van der Waals surface area contributed by atoms with Crippen molar-refractivity contribution in [2.24, 2.45) is 11.3 Å². The number of aliphatic hydroxyl groups is 1. The molecule has 3 heterocycles. The molecular weight excluding hydrogens is 400 g/mol. The van der Waals surface area contributed by atoms with E-state index < -0.39 is 6.10 Å². The van der Waals surface area contributed by atoms with Crippen molar-refractivity contribution in [3.63, 3.8) is 0 Å². The number of rotatable bonds is 3. The summed E-state index contributed by atoms with van der Waals surface area (Å²) < 4.78 is 3.55. The van der Waals surface area contributed by atoms with E-state index in [1.165, 1.54) is 21.4 Å². The molecule has 1 N–H and O–H groups in total. The number of aromatic nitrogens is 2. The van der Waals surface area contributed by atoms with E-state index in [1.54, 1.807) is 11.3 Å². The van der Waals surface area contributed by atoms with Gasteiger partial charge >= 0.3 is 0 Å². The molecular formula is C27H26N2OS. The maximum Gasteiger partial charge on any atom is 0.0958 e. The Morgan fingerprint density at radius 2 is 1.94 bits per heavy atom. The summed E-state index contributed by atoms with van der Waals surface area (Å²) in [5.74, 6) is 0.196. The van der Waals surface area contributed by atoms with Crippen LogP contribution in [0.5, 0.6) is 0 Å². The number of allylic oxidation sites excluding steroid dienone is 1. The van der Waals surface area contributed by atoms with Crippen LogP contribution in [0, 0.1) is 11.3 Å². The van der Waals surface area contributed by atoms with E-state index in [4.69, 9.17) is 4.98 Å². The predicted molar refractivity (Wildman–Crippen MR) is 128 cm³/mol. The number of benzene rings is 2. The van der Waals surface area contributed by atoms with Crippen molar-refractivity contribution in [3.05, 3.63) is 83.1 Å². The number of imidazole rings is 1. The van der Waals surface area contributed by atoms with Gasteiger partial charge < -0.3 is 9.67 Å². The predicted octanol–water partition coefficient (Wildman–Crippen LogP) is 6.70. The summed E-state index contributed by atoms with van der Waals surface area (Å²) >= 11 is 1.73. The highest BCUT2D eigenvalue weighted by molar-refractivity contribution is 7.17. The van der Waals surface area contributed by atoms with Crippen LogP contribution in [0.4, 0.5) is 0 Å². The van der Waals surface area contributed by atoms with Crippen molar-refractivity contribution in [1.29, 1.82) is 0 Å². The highest BCUT2D eigenvalue weighted by atomic mass is 32.1. The van der Waals surface area contributed by atoms with Gasteiger partial charge in [0.1, 0.15) is 0 Å². The molecule has 1 fully saturated rings. The molecule has 1 aliphatic carbocycles. The standard InChI is InChI=1S/C27H26N2OS/c1-27-16-29-17-28-25(18-8-3-2-4-9-18)23(29)14-19(27)10-7-12-22(27)26(30)21-15-31-24-13-6-5-11-20(21)24/h2-6,8-9,11,13-15,17,22,26,30H,7,10,12,16H2,1H3/t22-,26+,27+/m1/s1. The molecule has 156 valence electrons. The molecule has 2 aromatic carbocycles. The molecule has 3 nitrogen and oxygen atoms in total. The van der Waals surface area contributed by atoms with Crippen molar-refractivity contribution in [2.75, 3.05) is 0 Å². The molecule has 2 aromatic heterocycles.